The predicted octanol–water partition coefficient (Wildman–Crippen LogP) is 1.87. The highest BCUT2D eigenvalue weighted by Gasteiger charge is 2.40. The summed E-state index contributed by atoms with van der Waals surface area (Å²) >= 11 is 0. The molecule has 23 heavy (non-hydrogen) atoms. The van der Waals surface area contributed by atoms with Gasteiger partial charge in [0.15, 0.2) is 0 Å². The van der Waals surface area contributed by atoms with Gasteiger partial charge < -0.3 is 4.74 Å². The monoisotopic (exact) mass is 313 g/mol. The Balaban J connectivity index is 1.40. The van der Waals surface area contributed by atoms with Crippen LogP contribution in [0.2, 0.25) is 0 Å². The molecule has 2 aliphatic rings. The molecule has 2 fully saturated rings. The van der Waals surface area contributed by atoms with E-state index in [4.69, 9.17) is 4.74 Å². The Morgan fingerprint density at radius 1 is 1.39 bits per heavy atom. The molecule has 122 valence electrons. The summed E-state index contributed by atoms with van der Waals surface area (Å²) in [6.07, 6.45) is 8.61. The minimum Gasteiger partial charge on any atom is -0.367 e. The molecular formula is C17H23N5O. The van der Waals surface area contributed by atoms with Crippen LogP contribution in [-0.2, 0) is 18.3 Å². The molecule has 0 aliphatic carbocycles. The molecule has 0 bridgehead atoms. The van der Waals surface area contributed by atoms with Gasteiger partial charge in [0.2, 0.25) is 0 Å². The van der Waals surface area contributed by atoms with Gasteiger partial charge in [-0.15, -0.1) is 0 Å². The summed E-state index contributed by atoms with van der Waals surface area (Å²) in [5.74, 6) is 1.47. The van der Waals surface area contributed by atoms with Crippen molar-refractivity contribution in [1.82, 2.24) is 24.6 Å². The fraction of sp³-hybridized carbons (Fsp3) is 0.588. The van der Waals surface area contributed by atoms with Crippen LogP contribution in [0.1, 0.15) is 36.0 Å². The minimum atomic E-state index is 0.130. The highest BCUT2D eigenvalue weighted by molar-refractivity contribution is 5.09. The van der Waals surface area contributed by atoms with Crippen LogP contribution in [0, 0.1) is 12.8 Å². The van der Waals surface area contributed by atoms with E-state index >= 15 is 0 Å². The number of likely N-dealkylation sites (tertiary alicyclic amines) is 1. The molecular weight excluding hydrogens is 290 g/mol. The molecule has 2 aromatic heterocycles. The standard InChI is InChI=1S/C17H23N5O/c1-12-18-5-3-15(20-12)16-7-14-4-6-22(11-17(14)23-16)10-13-8-19-21(2)9-13/h3,5,8-9,14,16-17H,4,6-7,10-11H2,1-2H3/t14-,16+,17-/m0/s1. The molecule has 0 aromatic carbocycles. The van der Waals surface area contributed by atoms with Crippen LogP contribution in [0.4, 0.5) is 0 Å². The number of hydrogen-bond acceptors (Lipinski definition) is 5. The lowest BCUT2D eigenvalue weighted by Gasteiger charge is -2.33. The lowest BCUT2D eigenvalue weighted by Crippen LogP contribution is -2.41. The van der Waals surface area contributed by atoms with Gasteiger partial charge in [0.25, 0.3) is 0 Å². The van der Waals surface area contributed by atoms with Gasteiger partial charge in [0.1, 0.15) is 11.9 Å². The maximum absolute atomic E-state index is 6.33. The van der Waals surface area contributed by atoms with Gasteiger partial charge >= 0.3 is 0 Å². The zero-order chi connectivity index (χ0) is 15.8. The van der Waals surface area contributed by atoms with E-state index in [0.29, 0.717) is 12.0 Å². The van der Waals surface area contributed by atoms with Crippen LogP contribution in [0.15, 0.2) is 24.7 Å². The van der Waals surface area contributed by atoms with Crippen molar-refractivity contribution in [3.63, 3.8) is 0 Å². The summed E-state index contributed by atoms with van der Waals surface area (Å²) < 4.78 is 8.19. The second kappa shape index (κ2) is 6.02. The van der Waals surface area contributed by atoms with Crippen molar-refractivity contribution < 1.29 is 4.74 Å². The van der Waals surface area contributed by atoms with E-state index in [1.165, 1.54) is 12.0 Å². The van der Waals surface area contributed by atoms with Gasteiger partial charge in [-0.1, -0.05) is 0 Å². The molecule has 2 aliphatic heterocycles. The summed E-state index contributed by atoms with van der Waals surface area (Å²) in [5.41, 5.74) is 2.30. The Morgan fingerprint density at radius 3 is 3.09 bits per heavy atom. The molecule has 3 atom stereocenters. The fourth-order valence-electron chi connectivity index (χ4n) is 3.79. The van der Waals surface area contributed by atoms with E-state index in [-0.39, 0.29) is 6.10 Å². The molecule has 0 spiro atoms. The van der Waals surface area contributed by atoms with E-state index in [9.17, 15) is 0 Å². The van der Waals surface area contributed by atoms with Gasteiger partial charge in [-0.2, -0.15) is 5.10 Å². The fourth-order valence-corrected chi connectivity index (χ4v) is 3.79. The largest absolute Gasteiger partial charge is 0.367 e. The second-order valence-electron chi connectivity index (χ2n) is 6.73. The Bertz CT molecular complexity index is 685. The minimum absolute atomic E-state index is 0.130. The Morgan fingerprint density at radius 2 is 2.30 bits per heavy atom. The molecule has 2 aromatic rings. The molecule has 0 amide bonds. The van der Waals surface area contributed by atoms with E-state index < -0.39 is 0 Å². The first-order chi connectivity index (χ1) is 11.2. The number of ether oxygens (including phenoxy) is 1. The lowest BCUT2D eigenvalue weighted by atomic mass is 9.91. The molecule has 0 unspecified atom stereocenters. The van der Waals surface area contributed by atoms with Gasteiger partial charge in [-0.25, -0.2) is 9.97 Å². The van der Waals surface area contributed by atoms with Crippen molar-refractivity contribution in [3.05, 3.63) is 41.7 Å². The van der Waals surface area contributed by atoms with Crippen LogP contribution >= 0.6 is 0 Å². The first-order valence-electron chi connectivity index (χ1n) is 8.32. The maximum atomic E-state index is 6.33. The highest BCUT2D eigenvalue weighted by Crippen LogP contribution is 2.40. The highest BCUT2D eigenvalue weighted by atomic mass is 16.5. The molecule has 6 heteroatoms. The number of aryl methyl sites for hydroxylation is 2. The van der Waals surface area contributed by atoms with E-state index in [1.807, 2.05) is 37.1 Å². The van der Waals surface area contributed by atoms with Crippen molar-refractivity contribution in [2.24, 2.45) is 13.0 Å². The molecule has 6 nitrogen and oxygen atoms in total. The smallest absolute Gasteiger partial charge is 0.125 e. The van der Waals surface area contributed by atoms with Crippen molar-refractivity contribution in [2.45, 2.75) is 38.5 Å². The maximum Gasteiger partial charge on any atom is 0.125 e. The summed E-state index contributed by atoms with van der Waals surface area (Å²) in [5, 5.41) is 4.25. The van der Waals surface area contributed by atoms with Crippen LogP contribution < -0.4 is 0 Å². The molecule has 0 saturated carbocycles. The van der Waals surface area contributed by atoms with Crippen LogP contribution in [-0.4, -0.2) is 43.8 Å². The summed E-state index contributed by atoms with van der Waals surface area (Å²) in [6.45, 7) is 5.02. The number of nitrogens with zero attached hydrogens (tertiary/aromatic N) is 5. The number of fused-ring (bicyclic) bond motifs is 1. The second-order valence-corrected chi connectivity index (χ2v) is 6.73. The van der Waals surface area contributed by atoms with E-state index in [2.05, 4.69) is 26.2 Å². The van der Waals surface area contributed by atoms with Gasteiger partial charge in [-0.3, -0.25) is 9.58 Å². The first-order valence-corrected chi connectivity index (χ1v) is 8.32. The number of rotatable bonds is 3. The van der Waals surface area contributed by atoms with Crippen LogP contribution in [0.5, 0.6) is 0 Å². The van der Waals surface area contributed by atoms with Crippen molar-refractivity contribution in [3.8, 4) is 0 Å². The summed E-state index contributed by atoms with van der Waals surface area (Å²) in [6, 6.07) is 1.99. The lowest BCUT2D eigenvalue weighted by molar-refractivity contribution is -0.0107. The normalized spacial score (nSPS) is 28.0. The van der Waals surface area contributed by atoms with Gasteiger partial charge in [0, 0.05) is 38.1 Å². The number of hydrogen-bond donors (Lipinski definition) is 0. The average Bonchev–Trinajstić information content (AvgIpc) is 3.13. The zero-order valence-electron chi connectivity index (χ0n) is 13.7. The molecule has 0 N–H and O–H groups in total. The quantitative estimate of drug-likeness (QED) is 0.866. The summed E-state index contributed by atoms with van der Waals surface area (Å²) in [7, 11) is 1.96. The molecule has 2 saturated heterocycles. The third-order valence-electron chi connectivity index (χ3n) is 4.93. The van der Waals surface area contributed by atoms with Crippen LogP contribution in [0.25, 0.3) is 0 Å². The zero-order valence-corrected chi connectivity index (χ0v) is 13.7. The molecule has 4 rings (SSSR count). The Hall–Kier alpha value is -1.79. The predicted molar refractivity (Wildman–Crippen MR) is 85.6 cm³/mol. The number of aromatic nitrogens is 4. The Kier molecular flexibility index (Phi) is 3.87. The van der Waals surface area contributed by atoms with Crippen LogP contribution in [0.3, 0.4) is 0 Å². The average molecular weight is 313 g/mol. The third kappa shape index (κ3) is 3.14. The van der Waals surface area contributed by atoms with Gasteiger partial charge in [0.05, 0.1) is 18.0 Å². The third-order valence-corrected chi connectivity index (χ3v) is 4.93. The first kappa shape index (κ1) is 14.8. The van der Waals surface area contributed by atoms with E-state index in [0.717, 1.165) is 37.6 Å². The van der Waals surface area contributed by atoms with E-state index in [1.54, 1.807) is 0 Å². The van der Waals surface area contributed by atoms with Crippen molar-refractivity contribution in [2.75, 3.05) is 13.1 Å². The van der Waals surface area contributed by atoms with Crippen molar-refractivity contribution in [1.29, 1.82) is 0 Å². The molecule has 4 heterocycles. The molecule has 0 radical (unpaired) electrons. The number of piperidine rings is 1. The summed E-state index contributed by atoms with van der Waals surface area (Å²) in [4.78, 5) is 11.2. The topological polar surface area (TPSA) is 56.1 Å². The van der Waals surface area contributed by atoms with Gasteiger partial charge in [-0.05, 0) is 38.3 Å². The Labute approximate surface area is 136 Å². The SMILES string of the molecule is Cc1nccc([C@H]2C[C@@H]3CCN(Cc4cnn(C)c4)C[C@@H]3O2)n1. The van der Waals surface area contributed by atoms with Crippen molar-refractivity contribution >= 4 is 0 Å².